The zero-order valence-electron chi connectivity index (χ0n) is 19.7. The van der Waals surface area contributed by atoms with Gasteiger partial charge in [0.15, 0.2) is 0 Å². The van der Waals surface area contributed by atoms with Gasteiger partial charge in [0.05, 0.1) is 0 Å². The highest BCUT2D eigenvalue weighted by Gasteiger charge is 2.10. The fraction of sp³-hybridized carbons (Fsp3) is 0.917. The molecule has 2 N–H and O–H groups in total. The third-order valence-electron chi connectivity index (χ3n) is 5.34. The highest BCUT2D eigenvalue weighted by Crippen LogP contribution is 2.04. The minimum atomic E-state index is 0.139. The van der Waals surface area contributed by atoms with Crippen LogP contribution >= 0.6 is 0 Å². The number of hydrogen-bond donors (Lipinski definition) is 2. The van der Waals surface area contributed by atoms with Crippen LogP contribution in [0.5, 0.6) is 0 Å². The van der Waals surface area contributed by atoms with E-state index in [0.717, 1.165) is 52.0 Å². The van der Waals surface area contributed by atoms with Crippen LogP contribution in [0, 0.1) is 0 Å². The molecular weight excluding hydrogens is 362 g/mol. The van der Waals surface area contributed by atoms with E-state index in [2.05, 4.69) is 36.3 Å². The number of unbranched alkanes of at least 4 members (excludes halogenated alkanes) is 9. The number of nitrogens with zero attached hydrogens (tertiary/aromatic N) is 1. The Labute approximate surface area is 180 Å². The van der Waals surface area contributed by atoms with Gasteiger partial charge in [0.2, 0.25) is 11.8 Å². The fourth-order valence-electron chi connectivity index (χ4n) is 3.35. The molecule has 0 aliphatic rings. The minimum Gasteiger partial charge on any atom is -0.356 e. The lowest BCUT2D eigenvalue weighted by Crippen LogP contribution is -2.35. The maximum atomic E-state index is 12.1. The first kappa shape index (κ1) is 27.9. The van der Waals surface area contributed by atoms with Crippen LogP contribution in [-0.4, -0.2) is 49.4 Å². The monoisotopic (exact) mass is 411 g/mol. The summed E-state index contributed by atoms with van der Waals surface area (Å²) in [6.07, 6.45) is 15.3. The van der Waals surface area contributed by atoms with Crippen molar-refractivity contribution in [2.75, 3.05) is 32.7 Å². The minimum absolute atomic E-state index is 0.139. The zero-order valence-corrected chi connectivity index (χ0v) is 19.7. The van der Waals surface area contributed by atoms with E-state index in [1.807, 2.05) is 0 Å². The maximum absolute atomic E-state index is 12.1. The van der Waals surface area contributed by atoms with Gasteiger partial charge in [0.1, 0.15) is 0 Å². The van der Waals surface area contributed by atoms with Crippen LogP contribution in [0.15, 0.2) is 0 Å². The lowest BCUT2D eigenvalue weighted by molar-refractivity contribution is -0.121. The van der Waals surface area contributed by atoms with Gasteiger partial charge < -0.3 is 15.5 Å². The SMILES string of the molecule is CCCCCCNC(=O)CCN(CCCCCC)CCC(=O)NCCCCCC. The predicted molar refractivity (Wildman–Crippen MR) is 124 cm³/mol. The van der Waals surface area contributed by atoms with E-state index in [1.165, 1.54) is 57.8 Å². The molecule has 0 spiro atoms. The molecule has 0 heterocycles. The summed E-state index contributed by atoms with van der Waals surface area (Å²) in [7, 11) is 0. The zero-order chi connectivity index (χ0) is 21.6. The predicted octanol–water partition coefficient (Wildman–Crippen LogP) is 5.04. The largest absolute Gasteiger partial charge is 0.356 e. The van der Waals surface area contributed by atoms with Gasteiger partial charge in [-0.25, -0.2) is 0 Å². The average Bonchev–Trinajstić information content (AvgIpc) is 2.72. The Morgan fingerprint density at radius 2 is 0.966 bits per heavy atom. The van der Waals surface area contributed by atoms with Crippen molar-refractivity contribution in [3.05, 3.63) is 0 Å². The molecule has 0 saturated carbocycles. The van der Waals surface area contributed by atoms with Crippen molar-refractivity contribution in [2.45, 2.75) is 111 Å². The molecule has 0 atom stereocenters. The topological polar surface area (TPSA) is 61.4 Å². The van der Waals surface area contributed by atoms with E-state index in [1.54, 1.807) is 0 Å². The molecule has 0 fully saturated rings. The molecule has 5 heteroatoms. The first-order chi connectivity index (χ1) is 14.1. The fourth-order valence-corrected chi connectivity index (χ4v) is 3.35. The summed E-state index contributed by atoms with van der Waals surface area (Å²) in [4.78, 5) is 26.5. The van der Waals surface area contributed by atoms with Gasteiger partial charge in [-0.3, -0.25) is 9.59 Å². The van der Waals surface area contributed by atoms with Crippen molar-refractivity contribution in [1.29, 1.82) is 0 Å². The lowest BCUT2D eigenvalue weighted by atomic mass is 10.2. The Kier molecular flexibility index (Phi) is 20.8. The third-order valence-corrected chi connectivity index (χ3v) is 5.34. The molecule has 0 aromatic heterocycles. The summed E-state index contributed by atoms with van der Waals surface area (Å²) in [6.45, 7) is 10.7. The molecule has 0 aromatic rings. The highest BCUT2D eigenvalue weighted by atomic mass is 16.2. The Bertz CT molecular complexity index is 358. The van der Waals surface area contributed by atoms with Gasteiger partial charge in [0, 0.05) is 39.0 Å². The molecule has 0 radical (unpaired) electrons. The Balaban J connectivity index is 4.09. The van der Waals surface area contributed by atoms with Crippen LogP contribution in [0.4, 0.5) is 0 Å². The van der Waals surface area contributed by atoms with E-state index >= 15 is 0 Å². The Hall–Kier alpha value is -1.10. The molecular formula is C24H49N3O2. The van der Waals surface area contributed by atoms with Gasteiger partial charge in [-0.2, -0.15) is 0 Å². The quantitative estimate of drug-likeness (QED) is 0.260. The summed E-state index contributed by atoms with van der Waals surface area (Å²) in [6, 6.07) is 0. The van der Waals surface area contributed by atoms with Crippen molar-refractivity contribution >= 4 is 11.8 Å². The molecule has 2 amide bonds. The van der Waals surface area contributed by atoms with Crippen molar-refractivity contribution in [1.82, 2.24) is 15.5 Å². The van der Waals surface area contributed by atoms with Gasteiger partial charge >= 0.3 is 0 Å². The van der Waals surface area contributed by atoms with E-state index in [-0.39, 0.29) is 11.8 Å². The molecule has 0 rings (SSSR count). The maximum Gasteiger partial charge on any atom is 0.221 e. The van der Waals surface area contributed by atoms with Gasteiger partial charge in [-0.05, 0) is 25.8 Å². The third kappa shape index (κ3) is 20.0. The number of carbonyl (C=O) groups excluding carboxylic acids is 2. The number of carbonyl (C=O) groups is 2. The number of nitrogens with one attached hydrogen (secondary N) is 2. The molecule has 5 nitrogen and oxygen atoms in total. The summed E-state index contributed by atoms with van der Waals surface area (Å²) >= 11 is 0. The summed E-state index contributed by atoms with van der Waals surface area (Å²) in [5.74, 6) is 0.279. The molecule has 0 unspecified atom stereocenters. The molecule has 0 aliphatic carbocycles. The van der Waals surface area contributed by atoms with Crippen molar-refractivity contribution in [2.24, 2.45) is 0 Å². The first-order valence-electron chi connectivity index (χ1n) is 12.4. The smallest absolute Gasteiger partial charge is 0.221 e. The average molecular weight is 412 g/mol. The van der Waals surface area contributed by atoms with Crippen LogP contribution in [0.25, 0.3) is 0 Å². The second-order valence-electron chi connectivity index (χ2n) is 8.22. The number of hydrogen-bond acceptors (Lipinski definition) is 3. The number of rotatable bonds is 21. The second-order valence-corrected chi connectivity index (χ2v) is 8.22. The summed E-state index contributed by atoms with van der Waals surface area (Å²) in [5.41, 5.74) is 0. The summed E-state index contributed by atoms with van der Waals surface area (Å²) in [5, 5.41) is 6.08. The first-order valence-corrected chi connectivity index (χ1v) is 12.4. The summed E-state index contributed by atoms with van der Waals surface area (Å²) < 4.78 is 0. The molecule has 172 valence electrons. The van der Waals surface area contributed by atoms with E-state index < -0.39 is 0 Å². The van der Waals surface area contributed by atoms with Crippen molar-refractivity contribution in [3.8, 4) is 0 Å². The van der Waals surface area contributed by atoms with E-state index in [4.69, 9.17) is 0 Å². The standard InChI is InChI=1S/C24H49N3O2/c1-4-7-10-13-18-25-23(28)16-21-27(20-15-12-9-6-3)22-17-24(29)26-19-14-11-8-5-2/h4-22H2,1-3H3,(H,25,28)(H,26,29). The van der Waals surface area contributed by atoms with E-state index in [9.17, 15) is 9.59 Å². The molecule has 0 aliphatic heterocycles. The highest BCUT2D eigenvalue weighted by molar-refractivity contribution is 5.76. The lowest BCUT2D eigenvalue weighted by Gasteiger charge is -2.22. The Morgan fingerprint density at radius 3 is 1.38 bits per heavy atom. The van der Waals surface area contributed by atoms with Gasteiger partial charge in [0.25, 0.3) is 0 Å². The van der Waals surface area contributed by atoms with Crippen LogP contribution in [0.3, 0.4) is 0 Å². The Morgan fingerprint density at radius 1 is 0.552 bits per heavy atom. The van der Waals surface area contributed by atoms with Crippen molar-refractivity contribution < 1.29 is 9.59 Å². The normalized spacial score (nSPS) is 11.0. The second kappa shape index (κ2) is 21.6. The van der Waals surface area contributed by atoms with Crippen LogP contribution in [-0.2, 0) is 9.59 Å². The van der Waals surface area contributed by atoms with Crippen LogP contribution in [0.2, 0.25) is 0 Å². The van der Waals surface area contributed by atoms with Crippen molar-refractivity contribution in [3.63, 3.8) is 0 Å². The molecule has 0 aromatic carbocycles. The van der Waals surface area contributed by atoms with Gasteiger partial charge in [-0.1, -0.05) is 78.6 Å². The molecule has 0 saturated heterocycles. The van der Waals surface area contributed by atoms with Crippen LogP contribution in [0.1, 0.15) is 111 Å². The molecule has 29 heavy (non-hydrogen) atoms. The van der Waals surface area contributed by atoms with Gasteiger partial charge in [-0.15, -0.1) is 0 Å². The number of amides is 2. The van der Waals surface area contributed by atoms with Crippen LogP contribution < -0.4 is 10.6 Å². The molecule has 0 bridgehead atoms. The van der Waals surface area contributed by atoms with E-state index in [0.29, 0.717) is 12.8 Å².